The van der Waals surface area contributed by atoms with Crippen LogP contribution in [0.3, 0.4) is 0 Å². The van der Waals surface area contributed by atoms with Gasteiger partial charge in [0.2, 0.25) is 0 Å². The van der Waals surface area contributed by atoms with E-state index in [0.29, 0.717) is 17.5 Å². The molecule has 1 aliphatic carbocycles. The Labute approximate surface area is 111 Å². The summed E-state index contributed by atoms with van der Waals surface area (Å²) in [7, 11) is 0. The summed E-state index contributed by atoms with van der Waals surface area (Å²) in [6.45, 7) is 2.41. The molecule has 2 aromatic rings. The van der Waals surface area contributed by atoms with Gasteiger partial charge < -0.3 is 5.73 Å². The molecule has 3 rings (SSSR count). The average Bonchev–Trinajstić information content (AvgIpc) is 3.12. The van der Waals surface area contributed by atoms with E-state index >= 15 is 0 Å². The summed E-state index contributed by atoms with van der Waals surface area (Å²) in [5.41, 5.74) is 7.83. The van der Waals surface area contributed by atoms with Crippen molar-refractivity contribution in [1.29, 1.82) is 0 Å². The van der Waals surface area contributed by atoms with Crippen molar-refractivity contribution in [2.45, 2.75) is 32.2 Å². The molecule has 1 aromatic carbocycles. The number of halogens is 1. The summed E-state index contributed by atoms with van der Waals surface area (Å²) in [6, 6.07) is 5.76. The van der Waals surface area contributed by atoms with Gasteiger partial charge in [-0.25, -0.2) is 9.67 Å². The first-order valence-electron chi connectivity index (χ1n) is 6.11. The zero-order valence-electron chi connectivity index (χ0n) is 10.2. The molecule has 0 aliphatic heterocycles. The Morgan fingerprint density at radius 1 is 1.44 bits per heavy atom. The smallest absolute Gasteiger partial charge is 0.154 e. The first-order valence-corrected chi connectivity index (χ1v) is 6.49. The lowest BCUT2D eigenvalue weighted by molar-refractivity contribution is 0.776. The van der Waals surface area contributed by atoms with Crippen LogP contribution in [0, 0.1) is 6.92 Å². The van der Waals surface area contributed by atoms with Crippen LogP contribution in [-0.2, 0) is 6.54 Å². The van der Waals surface area contributed by atoms with Crippen molar-refractivity contribution in [1.82, 2.24) is 14.8 Å². The predicted molar refractivity (Wildman–Crippen MR) is 71.0 cm³/mol. The van der Waals surface area contributed by atoms with E-state index in [4.69, 9.17) is 17.3 Å². The van der Waals surface area contributed by atoms with Crippen molar-refractivity contribution in [3.05, 3.63) is 40.4 Å². The molecule has 1 aromatic heterocycles. The molecule has 18 heavy (non-hydrogen) atoms. The lowest BCUT2D eigenvalue weighted by Gasteiger charge is -2.08. The van der Waals surface area contributed by atoms with Gasteiger partial charge in [-0.2, -0.15) is 5.10 Å². The highest BCUT2D eigenvalue weighted by molar-refractivity contribution is 6.30. The molecular formula is C13H15ClN4. The Kier molecular flexibility index (Phi) is 2.84. The molecule has 1 aliphatic rings. The van der Waals surface area contributed by atoms with Crippen LogP contribution in [0.1, 0.15) is 36.0 Å². The Morgan fingerprint density at radius 3 is 2.89 bits per heavy atom. The summed E-state index contributed by atoms with van der Waals surface area (Å²) >= 11 is 6.05. The molecule has 0 saturated heterocycles. The molecule has 4 nitrogen and oxygen atoms in total. The van der Waals surface area contributed by atoms with E-state index in [9.17, 15) is 0 Å². The summed E-state index contributed by atoms with van der Waals surface area (Å²) in [5, 5.41) is 5.28. The number of benzene rings is 1. The summed E-state index contributed by atoms with van der Waals surface area (Å²) < 4.78 is 1.83. The van der Waals surface area contributed by atoms with Crippen LogP contribution in [0.4, 0.5) is 0 Å². The summed E-state index contributed by atoms with van der Waals surface area (Å²) in [6.07, 6.45) is 2.37. The van der Waals surface area contributed by atoms with E-state index < -0.39 is 0 Å². The van der Waals surface area contributed by atoms with Gasteiger partial charge in [0.05, 0.1) is 12.2 Å². The molecule has 0 spiro atoms. The third-order valence-corrected chi connectivity index (χ3v) is 3.45. The maximum Gasteiger partial charge on any atom is 0.154 e. The first kappa shape index (κ1) is 11.7. The number of nitrogens with zero attached hydrogens (tertiary/aromatic N) is 3. The van der Waals surface area contributed by atoms with Gasteiger partial charge in [-0.3, -0.25) is 0 Å². The van der Waals surface area contributed by atoms with Crippen LogP contribution in [0.25, 0.3) is 5.69 Å². The minimum absolute atomic E-state index is 0.381. The number of aryl methyl sites for hydroxylation is 1. The standard InChI is InChI=1S/C13H15ClN4/c1-8-2-5-10(14)6-11(8)18-12(7-15)16-13(17-18)9-3-4-9/h2,5-6,9H,3-4,7,15H2,1H3. The fraction of sp³-hybridized carbons (Fsp3) is 0.385. The van der Waals surface area contributed by atoms with Crippen molar-refractivity contribution in [2.75, 3.05) is 0 Å². The van der Waals surface area contributed by atoms with Crippen LogP contribution in [0.5, 0.6) is 0 Å². The maximum absolute atomic E-state index is 6.05. The molecule has 0 radical (unpaired) electrons. The third-order valence-electron chi connectivity index (χ3n) is 3.21. The van der Waals surface area contributed by atoms with Crippen LogP contribution < -0.4 is 5.73 Å². The van der Waals surface area contributed by atoms with E-state index in [1.54, 1.807) is 0 Å². The minimum atomic E-state index is 0.381. The lowest BCUT2D eigenvalue weighted by Crippen LogP contribution is -2.09. The van der Waals surface area contributed by atoms with Gasteiger partial charge >= 0.3 is 0 Å². The molecule has 0 bridgehead atoms. The van der Waals surface area contributed by atoms with Crippen molar-refractivity contribution < 1.29 is 0 Å². The highest BCUT2D eigenvalue weighted by atomic mass is 35.5. The van der Waals surface area contributed by atoms with E-state index in [0.717, 1.165) is 22.9 Å². The summed E-state index contributed by atoms with van der Waals surface area (Å²) in [4.78, 5) is 4.52. The Bertz CT molecular complexity index is 587. The number of hydrogen-bond acceptors (Lipinski definition) is 3. The van der Waals surface area contributed by atoms with Crippen molar-refractivity contribution in [3.8, 4) is 5.69 Å². The Hall–Kier alpha value is -1.39. The van der Waals surface area contributed by atoms with Crippen molar-refractivity contribution >= 4 is 11.6 Å². The second-order valence-corrected chi connectivity index (χ2v) is 5.14. The second-order valence-electron chi connectivity index (χ2n) is 4.71. The Morgan fingerprint density at radius 2 is 2.22 bits per heavy atom. The number of aromatic nitrogens is 3. The van der Waals surface area contributed by atoms with Crippen molar-refractivity contribution in [2.24, 2.45) is 5.73 Å². The van der Waals surface area contributed by atoms with Crippen LogP contribution in [0.15, 0.2) is 18.2 Å². The maximum atomic E-state index is 6.05. The molecule has 94 valence electrons. The quantitative estimate of drug-likeness (QED) is 0.925. The largest absolute Gasteiger partial charge is 0.324 e. The average molecular weight is 263 g/mol. The predicted octanol–water partition coefficient (Wildman–Crippen LogP) is 2.57. The monoisotopic (exact) mass is 262 g/mol. The number of nitrogens with two attached hydrogens (primary N) is 1. The third kappa shape index (κ3) is 2.02. The van der Waals surface area contributed by atoms with E-state index in [1.165, 1.54) is 12.8 Å². The normalized spacial score (nSPS) is 15.1. The Balaban J connectivity index is 2.11. The number of rotatable bonds is 3. The zero-order valence-corrected chi connectivity index (χ0v) is 11.0. The highest BCUT2D eigenvalue weighted by Gasteiger charge is 2.29. The second kappa shape index (κ2) is 4.37. The van der Waals surface area contributed by atoms with Crippen LogP contribution >= 0.6 is 11.6 Å². The SMILES string of the molecule is Cc1ccc(Cl)cc1-n1nc(C2CC2)nc1CN. The lowest BCUT2D eigenvalue weighted by atomic mass is 10.2. The van der Waals surface area contributed by atoms with E-state index in [1.807, 2.05) is 29.8 Å². The number of hydrogen-bond donors (Lipinski definition) is 1. The fourth-order valence-electron chi connectivity index (χ4n) is 2.01. The molecule has 0 atom stereocenters. The molecule has 5 heteroatoms. The molecule has 1 fully saturated rings. The van der Waals surface area contributed by atoms with Gasteiger partial charge in [-0.1, -0.05) is 17.7 Å². The fourth-order valence-corrected chi connectivity index (χ4v) is 2.18. The summed E-state index contributed by atoms with van der Waals surface area (Å²) in [5.74, 6) is 2.23. The zero-order chi connectivity index (χ0) is 12.7. The van der Waals surface area contributed by atoms with Gasteiger partial charge in [0.25, 0.3) is 0 Å². The molecule has 0 unspecified atom stereocenters. The van der Waals surface area contributed by atoms with E-state index in [-0.39, 0.29) is 0 Å². The highest BCUT2D eigenvalue weighted by Crippen LogP contribution is 2.38. The van der Waals surface area contributed by atoms with Gasteiger partial charge in [-0.05, 0) is 37.5 Å². The molecule has 0 amide bonds. The van der Waals surface area contributed by atoms with Gasteiger partial charge in [0.1, 0.15) is 5.82 Å². The van der Waals surface area contributed by atoms with E-state index in [2.05, 4.69) is 10.1 Å². The molecule has 1 heterocycles. The van der Waals surface area contributed by atoms with Crippen molar-refractivity contribution in [3.63, 3.8) is 0 Å². The van der Waals surface area contributed by atoms with Gasteiger partial charge in [0.15, 0.2) is 5.82 Å². The molecule has 2 N–H and O–H groups in total. The van der Waals surface area contributed by atoms with Crippen LogP contribution in [-0.4, -0.2) is 14.8 Å². The van der Waals surface area contributed by atoms with Crippen LogP contribution in [0.2, 0.25) is 5.02 Å². The molecular weight excluding hydrogens is 248 g/mol. The topological polar surface area (TPSA) is 56.7 Å². The first-order chi connectivity index (χ1) is 8.69. The van der Waals surface area contributed by atoms with Gasteiger partial charge in [0, 0.05) is 10.9 Å². The molecule has 1 saturated carbocycles. The van der Waals surface area contributed by atoms with Gasteiger partial charge in [-0.15, -0.1) is 0 Å². The minimum Gasteiger partial charge on any atom is -0.324 e.